The van der Waals surface area contributed by atoms with Crippen LogP contribution in [0.25, 0.3) is 0 Å². The molecule has 2 unspecified atom stereocenters. The zero-order chi connectivity index (χ0) is 15.4. The van der Waals surface area contributed by atoms with E-state index in [0.29, 0.717) is 12.5 Å². The molecule has 1 aliphatic carbocycles. The maximum atomic E-state index is 12.7. The van der Waals surface area contributed by atoms with E-state index in [1.165, 1.54) is 12.8 Å². The van der Waals surface area contributed by atoms with Crippen LogP contribution in [-0.2, 0) is 0 Å². The van der Waals surface area contributed by atoms with Crippen molar-refractivity contribution < 1.29 is 4.79 Å². The summed E-state index contributed by atoms with van der Waals surface area (Å²) in [6.45, 7) is 11.8. The standard InChI is InChI=1S/C16H33N3O/c1-6-10-19(14(20)18-15(3,4)5)16(12-17)9-7-8-13(2)11-16/h13H,6-12,17H2,1-5H3,(H,18,20). The Morgan fingerprint density at radius 3 is 2.55 bits per heavy atom. The van der Waals surface area contributed by atoms with E-state index in [0.717, 1.165) is 25.8 Å². The molecule has 0 aromatic carbocycles. The molecule has 4 heteroatoms. The molecule has 0 spiro atoms. The van der Waals surface area contributed by atoms with Gasteiger partial charge in [-0.05, 0) is 46.0 Å². The van der Waals surface area contributed by atoms with Crippen molar-refractivity contribution in [1.29, 1.82) is 0 Å². The van der Waals surface area contributed by atoms with E-state index in [4.69, 9.17) is 5.73 Å². The van der Waals surface area contributed by atoms with Crippen molar-refractivity contribution in [2.24, 2.45) is 11.7 Å². The molecule has 0 aromatic heterocycles. The quantitative estimate of drug-likeness (QED) is 0.833. The Balaban J connectivity index is 2.94. The van der Waals surface area contributed by atoms with Crippen LogP contribution in [0.1, 0.15) is 66.7 Å². The van der Waals surface area contributed by atoms with Gasteiger partial charge >= 0.3 is 6.03 Å². The van der Waals surface area contributed by atoms with Gasteiger partial charge in [-0.1, -0.05) is 26.7 Å². The molecule has 1 saturated carbocycles. The number of carbonyl (C=O) groups excluding carboxylic acids is 1. The second-order valence-electron chi connectivity index (χ2n) is 7.46. The largest absolute Gasteiger partial charge is 0.333 e. The van der Waals surface area contributed by atoms with Crippen LogP contribution in [0, 0.1) is 5.92 Å². The van der Waals surface area contributed by atoms with Gasteiger partial charge in [0.2, 0.25) is 0 Å². The topological polar surface area (TPSA) is 58.4 Å². The molecule has 0 aliphatic heterocycles. The highest BCUT2D eigenvalue weighted by atomic mass is 16.2. The van der Waals surface area contributed by atoms with Gasteiger partial charge in [0.05, 0.1) is 5.54 Å². The third kappa shape index (κ3) is 4.37. The molecule has 0 heterocycles. The van der Waals surface area contributed by atoms with Crippen LogP contribution in [-0.4, -0.2) is 35.1 Å². The normalized spacial score (nSPS) is 27.2. The molecule has 20 heavy (non-hydrogen) atoms. The Kier molecular flexibility index (Phi) is 5.87. The van der Waals surface area contributed by atoms with Gasteiger partial charge in [0.25, 0.3) is 0 Å². The van der Waals surface area contributed by atoms with Crippen molar-refractivity contribution in [3.05, 3.63) is 0 Å². The molecule has 1 fully saturated rings. The van der Waals surface area contributed by atoms with E-state index >= 15 is 0 Å². The van der Waals surface area contributed by atoms with Crippen LogP contribution in [0.15, 0.2) is 0 Å². The second kappa shape index (κ2) is 6.79. The van der Waals surface area contributed by atoms with Crippen molar-refractivity contribution in [2.75, 3.05) is 13.1 Å². The molecule has 0 radical (unpaired) electrons. The summed E-state index contributed by atoms with van der Waals surface area (Å²) in [5.41, 5.74) is 5.75. The fourth-order valence-electron chi connectivity index (χ4n) is 3.34. The highest BCUT2D eigenvalue weighted by molar-refractivity contribution is 5.76. The first kappa shape index (κ1) is 17.3. The second-order valence-corrected chi connectivity index (χ2v) is 7.46. The lowest BCUT2D eigenvalue weighted by Crippen LogP contribution is -2.62. The predicted octanol–water partition coefficient (Wildman–Crippen LogP) is 3.11. The third-order valence-electron chi connectivity index (χ3n) is 4.19. The minimum absolute atomic E-state index is 0.0406. The molecule has 1 rings (SSSR count). The number of rotatable bonds is 4. The minimum Gasteiger partial charge on any atom is -0.333 e. The number of amides is 2. The lowest BCUT2D eigenvalue weighted by molar-refractivity contribution is 0.0629. The Hall–Kier alpha value is -0.770. The Bertz CT molecular complexity index is 324. The summed E-state index contributed by atoms with van der Waals surface area (Å²) in [6, 6.07) is 0.0406. The highest BCUT2D eigenvalue weighted by Crippen LogP contribution is 2.36. The summed E-state index contributed by atoms with van der Waals surface area (Å²) in [5, 5.41) is 3.11. The van der Waals surface area contributed by atoms with Gasteiger partial charge < -0.3 is 16.0 Å². The van der Waals surface area contributed by atoms with E-state index in [9.17, 15) is 4.79 Å². The monoisotopic (exact) mass is 283 g/mol. The van der Waals surface area contributed by atoms with E-state index in [1.807, 2.05) is 25.7 Å². The zero-order valence-corrected chi connectivity index (χ0v) is 14.0. The van der Waals surface area contributed by atoms with Gasteiger partial charge in [0.15, 0.2) is 0 Å². The van der Waals surface area contributed by atoms with Gasteiger partial charge in [0, 0.05) is 18.6 Å². The Morgan fingerprint density at radius 2 is 2.10 bits per heavy atom. The van der Waals surface area contributed by atoms with Crippen molar-refractivity contribution in [3.8, 4) is 0 Å². The third-order valence-corrected chi connectivity index (χ3v) is 4.19. The molecule has 4 nitrogen and oxygen atoms in total. The smallest absolute Gasteiger partial charge is 0.318 e. The Morgan fingerprint density at radius 1 is 1.45 bits per heavy atom. The fraction of sp³-hybridized carbons (Fsp3) is 0.938. The summed E-state index contributed by atoms with van der Waals surface area (Å²) in [4.78, 5) is 14.7. The number of hydrogen-bond acceptors (Lipinski definition) is 2. The van der Waals surface area contributed by atoms with Crippen LogP contribution in [0.3, 0.4) is 0 Å². The first-order valence-electron chi connectivity index (χ1n) is 8.04. The van der Waals surface area contributed by atoms with Crippen molar-refractivity contribution in [3.63, 3.8) is 0 Å². The van der Waals surface area contributed by atoms with Gasteiger partial charge in [-0.2, -0.15) is 0 Å². The van der Waals surface area contributed by atoms with Gasteiger partial charge in [-0.25, -0.2) is 4.79 Å². The Labute approximate surface area is 124 Å². The number of carbonyl (C=O) groups is 1. The van der Waals surface area contributed by atoms with Crippen molar-refractivity contribution in [1.82, 2.24) is 10.2 Å². The lowest BCUT2D eigenvalue weighted by Gasteiger charge is -2.48. The number of hydrogen-bond donors (Lipinski definition) is 2. The van der Waals surface area contributed by atoms with Crippen LogP contribution < -0.4 is 11.1 Å². The number of nitrogens with one attached hydrogen (secondary N) is 1. The molecular weight excluding hydrogens is 250 g/mol. The van der Waals surface area contributed by atoms with Crippen LogP contribution in [0.5, 0.6) is 0 Å². The molecule has 0 bridgehead atoms. The van der Waals surface area contributed by atoms with E-state index < -0.39 is 0 Å². The summed E-state index contributed by atoms with van der Waals surface area (Å²) in [5.74, 6) is 0.647. The van der Waals surface area contributed by atoms with Gasteiger partial charge in [-0.15, -0.1) is 0 Å². The van der Waals surface area contributed by atoms with Crippen molar-refractivity contribution in [2.45, 2.75) is 77.8 Å². The fourth-order valence-corrected chi connectivity index (χ4v) is 3.34. The first-order chi connectivity index (χ1) is 9.24. The van der Waals surface area contributed by atoms with Gasteiger partial charge in [0.1, 0.15) is 0 Å². The van der Waals surface area contributed by atoms with E-state index in [1.54, 1.807) is 0 Å². The molecule has 0 saturated heterocycles. The molecule has 2 atom stereocenters. The predicted molar refractivity (Wildman–Crippen MR) is 84.7 cm³/mol. The number of nitrogens with zero attached hydrogens (tertiary/aromatic N) is 1. The molecule has 118 valence electrons. The maximum Gasteiger partial charge on any atom is 0.318 e. The molecule has 3 N–H and O–H groups in total. The first-order valence-corrected chi connectivity index (χ1v) is 8.04. The maximum absolute atomic E-state index is 12.7. The minimum atomic E-state index is -0.209. The summed E-state index contributed by atoms with van der Waals surface area (Å²) in [6.07, 6.45) is 5.45. The highest BCUT2D eigenvalue weighted by Gasteiger charge is 2.41. The van der Waals surface area contributed by atoms with Crippen molar-refractivity contribution >= 4 is 6.03 Å². The summed E-state index contributed by atoms with van der Waals surface area (Å²) < 4.78 is 0. The number of nitrogens with two attached hydrogens (primary N) is 1. The average Bonchev–Trinajstić information content (AvgIpc) is 2.33. The molecule has 0 aromatic rings. The van der Waals surface area contributed by atoms with Crippen LogP contribution in [0.4, 0.5) is 4.79 Å². The van der Waals surface area contributed by atoms with Crippen LogP contribution >= 0.6 is 0 Å². The van der Waals surface area contributed by atoms with Gasteiger partial charge in [-0.3, -0.25) is 0 Å². The SMILES string of the molecule is CCCN(C(=O)NC(C)(C)C)C1(CN)CCCC(C)C1. The number of urea groups is 1. The lowest BCUT2D eigenvalue weighted by atomic mass is 9.75. The average molecular weight is 283 g/mol. The van der Waals surface area contributed by atoms with E-state index in [2.05, 4.69) is 19.2 Å². The summed E-state index contributed by atoms with van der Waals surface area (Å²) >= 11 is 0. The molecule has 2 amide bonds. The molecule has 1 aliphatic rings. The zero-order valence-electron chi connectivity index (χ0n) is 14.0. The summed E-state index contributed by atoms with van der Waals surface area (Å²) in [7, 11) is 0. The molecular formula is C16H33N3O. The van der Waals surface area contributed by atoms with E-state index in [-0.39, 0.29) is 17.1 Å². The van der Waals surface area contributed by atoms with Crippen LogP contribution in [0.2, 0.25) is 0 Å².